The van der Waals surface area contributed by atoms with E-state index < -0.39 is 0 Å². The van der Waals surface area contributed by atoms with E-state index in [1.165, 1.54) is 0 Å². The van der Waals surface area contributed by atoms with Crippen molar-refractivity contribution in [2.45, 2.75) is 13.5 Å². The third-order valence-electron chi connectivity index (χ3n) is 2.92. The molecule has 94 valence electrons. The van der Waals surface area contributed by atoms with E-state index in [0.717, 1.165) is 23.4 Å². The molecule has 0 aliphatic rings. The summed E-state index contributed by atoms with van der Waals surface area (Å²) in [7, 11) is 1.94. The van der Waals surface area contributed by atoms with Gasteiger partial charge in [0.1, 0.15) is 5.76 Å². The van der Waals surface area contributed by atoms with Crippen LogP contribution in [-0.2, 0) is 6.54 Å². The van der Waals surface area contributed by atoms with E-state index in [9.17, 15) is 4.79 Å². The molecule has 0 spiro atoms. The topological polar surface area (TPSA) is 33.5 Å². The SMILES string of the molecule is Cc1occc1CN(C)CC(=O)c1ccccc1. The highest BCUT2D eigenvalue weighted by Crippen LogP contribution is 2.11. The van der Waals surface area contributed by atoms with Gasteiger partial charge in [-0.3, -0.25) is 9.69 Å². The van der Waals surface area contributed by atoms with Gasteiger partial charge in [-0.05, 0) is 20.0 Å². The Morgan fingerprint density at radius 3 is 2.56 bits per heavy atom. The summed E-state index contributed by atoms with van der Waals surface area (Å²) in [6, 6.07) is 11.3. The molecule has 0 aliphatic heterocycles. The minimum atomic E-state index is 0.138. The molecule has 0 atom stereocenters. The van der Waals surface area contributed by atoms with Crippen LogP contribution in [-0.4, -0.2) is 24.3 Å². The van der Waals surface area contributed by atoms with Crippen molar-refractivity contribution in [2.24, 2.45) is 0 Å². The van der Waals surface area contributed by atoms with E-state index in [0.29, 0.717) is 6.54 Å². The quantitative estimate of drug-likeness (QED) is 0.757. The van der Waals surface area contributed by atoms with Gasteiger partial charge in [-0.25, -0.2) is 0 Å². The first kappa shape index (κ1) is 12.6. The van der Waals surface area contributed by atoms with Crippen molar-refractivity contribution in [1.29, 1.82) is 0 Å². The standard InChI is InChI=1S/C15H17NO2/c1-12-14(8-9-18-12)10-16(2)11-15(17)13-6-4-3-5-7-13/h3-9H,10-11H2,1-2H3. The number of benzene rings is 1. The van der Waals surface area contributed by atoms with Crippen LogP contribution in [0.4, 0.5) is 0 Å². The van der Waals surface area contributed by atoms with Gasteiger partial charge in [-0.15, -0.1) is 0 Å². The lowest BCUT2D eigenvalue weighted by Crippen LogP contribution is -2.25. The van der Waals surface area contributed by atoms with Gasteiger partial charge in [-0.1, -0.05) is 30.3 Å². The minimum Gasteiger partial charge on any atom is -0.469 e. The van der Waals surface area contributed by atoms with Crippen molar-refractivity contribution in [3.63, 3.8) is 0 Å². The molecule has 0 aliphatic carbocycles. The second-order valence-electron chi connectivity index (χ2n) is 4.46. The molecule has 1 heterocycles. The van der Waals surface area contributed by atoms with Gasteiger partial charge in [-0.2, -0.15) is 0 Å². The second-order valence-corrected chi connectivity index (χ2v) is 4.46. The molecule has 0 amide bonds. The zero-order chi connectivity index (χ0) is 13.0. The van der Waals surface area contributed by atoms with Gasteiger partial charge >= 0.3 is 0 Å². The highest BCUT2D eigenvalue weighted by atomic mass is 16.3. The average molecular weight is 243 g/mol. The molecule has 1 aromatic carbocycles. The first-order chi connectivity index (χ1) is 8.66. The number of carbonyl (C=O) groups excluding carboxylic acids is 1. The maximum Gasteiger partial charge on any atom is 0.176 e. The van der Waals surface area contributed by atoms with E-state index in [4.69, 9.17) is 4.42 Å². The number of likely N-dealkylation sites (N-methyl/N-ethyl adjacent to an activating group) is 1. The van der Waals surface area contributed by atoms with Gasteiger partial charge in [0.15, 0.2) is 5.78 Å². The Hall–Kier alpha value is -1.87. The predicted molar refractivity (Wildman–Crippen MR) is 70.6 cm³/mol. The Morgan fingerprint density at radius 1 is 1.22 bits per heavy atom. The Balaban J connectivity index is 1.94. The maximum absolute atomic E-state index is 12.0. The van der Waals surface area contributed by atoms with Crippen LogP contribution in [0.15, 0.2) is 47.1 Å². The molecular weight excluding hydrogens is 226 g/mol. The molecule has 1 aromatic heterocycles. The zero-order valence-electron chi connectivity index (χ0n) is 10.7. The van der Waals surface area contributed by atoms with Gasteiger partial charge in [0.2, 0.25) is 0 Å². The molecule has 3 nitrogen and oxygen atoms in total. The number of hydrogen-bond donors (Lipinski definition) is 0. The highest BCUT2D eigenvalue weighted by Gasteiger charge is 2.11. The number of Topliss-reactive ketones (excluding diaryl/α,β-unsaturated/α-hetero) is 1. The largest absolute Gasteiger partial charge is 0.469 e. The lowest BCUT2D eigenvalue weighted by Gasteiger charge is -2.15. The lowest BCUT2D eigenvalue weighted by atomic mass is 10.1. The summed E-state index contributed by atoms with van der Waals surface area (Å²) in [6.07, 6.45) is 1.68. The van der Waals surface area contributed by atoms with Gasteiger partial charge in [0, 0.05) is 17.7 Å². The first-order valence-electron chi connectivity index (χ1n) is 5.96. The molecule has 0 bridgehead atoms. The number of rotatable bonds is 5. The lowest BCUT2D eigenvalue weighted by molar-refractivity contribution is 0.0942. The smallest absolute Gasteiger partial charge is 0.176 e. The van der Waals surface area contributed by atoms with Gasteiger partial charge < -0.3 is 4.42 Å². The van der Waals surface area contributed by atoms with E-state index in [1.807, 2.05) is 55.3 Å². The number of furan rings is 1. The summed E-state index contributed by atoms with van der Waals surface area (Å²) in [4.78, 5) is 14.0. The number of hydrogen-bond acceptors (Lipinski definition) is 3. The number of nitrogens with zero attached hydrogens (tertiary/aromatic N) is 1. The molecule has 3 heteroatoms. The Labute approximate surface area is 107 Å². The van der Waals surface area contributed by atoms with Gasteiger partial charge in [0.05, 0.1) is 12.8 Å². The molecule has 18 heavy (non-hydrogen) atoms. The number of carbonyl (C=O) groups is 1. The fourth-order valence-electron chi connectivity index (χ4n) is 1.88. The fourth-order valence-corrected chi connectivity index (χ4v) is 1.88. The fraction of sp³-hybridized carbons (Fsp3) is 0.267. The molecule has 0 radical (unpaired) electrons. The van der Waals surface area contributed by atoms with Crippen LogP contribution >= 0.6 is 0 Å². The van der Waals surface area contributed by atoms with Crippen LogP contribution in [0.5, 0.6) is 0 Å². The van der Waals surface area contributed by atoms with Crippen molar-refractivity contribution >= 4 is 5.78 Å². The Morgan fingerprint density at radius 2 is 1.94 bits per heavy atom. The molecule has 0 saturated heterocycles. The predicted octanol–water partition coefficient (Wildman–Crippen LogP) is 2.90. The summed E-state index contributed by atoms with van der Waals surface area (Å²) < 4.78 is 5.24. The summed E-state index contributed by atoms with van der Waals surface area (Å²) in [6.45, 7) is 3.07. The van der Waals surface area contributed by atoms with Crippen LogP contribution in [0.25, 0.3) is 0 Å². The Kier molecular flexibility index (Phi) is 3.95. The molecule has 0 unspecified atom stereocenters. The minimum absolute atomic E-state index is 0.138. The summed E-state index contributed by atoms with van der Waals surface area (Å²) in [5.41, 5.74) is 1.88. The van der Waals surface area contributed by atoms with Crippen molar-refractivity contribution < 1.29 is 9.21 Å². The summed E-state index contributed by atoms with van der Waals surface area (Å²) in [5, 5.41) is 0. The molecule has 0 fully saturated rings. The second kappa shape index (κ2) is 5.65. The van der Waals surface area contributed by atoms with Crippen LogP contribution in [0.1, 0.15) is 21.7 Å². The number of ketones is 1. The Bertz CT molecular complexity index is 516. The van der Waals surface area contributed by atoms with Crippen molar-refractivity contribution in [1.82, 2.24) is 4.90 Å². The summed E-state index contributed by atoms with van der Waals surface area (Å²) >= 11 is 0. The average Bonchev–Trinajstić information content (AvgIpc) is 2.76. The molecule has 0 saturated carbocycles. The highest BCUT2D eigenvalue weighted by molar-refractivity contribution is 5.97. The van der Waals surface area contributed by atoms with E-state index in [1.54, 1.807) is 6.26 Å². The maximum atomic E-state index is 12.0. The normalized spacial score (nSPS) is 10.8. The summed E-state index contributed by atoms with van der Waals surface area (Å²) in [5.74, 6) is 1.05. The number of aryl methyl sites for hydroxylation is 1. The van der Waals surface area contributed by atoms with Crippen molar-refractivity contribution in [3.05, 3.63) is 59.5 Å². The van der Waals surface area contributed by atoms with Crippen molar-refractivity contribution in [3.8, 4) is 0 Å². The molecule has 2 rings (SSSR count). The van der Waals surface area contributed by atoms with Gasteiger partial charge in [0.25, 0.3) is 0 Å². The molecule has 2 aromatic rings. The molecule has 0 N–H and O–H groups in total. The van der Waals surface area contributed by atoms with E-state index in [2.05, 4.69) is 0 Å². The van der Waals surface area contributed by atoms with Crippen LogP contribution in [0, 0.1) is 6.92 Å². The van der Waals surface area contributed by atoms with Crippen LogP contribution in [0.3, 0.4) is 0 Å². The van der Waals surface area contributed by atoms with Crippen molar-refractivity contribution in [2.75, 3.05) is 13.6 Å². The first-order valence-corrected chi connectivity index (χ1v) is 5.96. The van der Waals surface area contributed by atoms with Crippen LogP contribution < -0.4 is 0 Å². The van der Waals surface area contributed by atoms with E-state index >= 15 is 0 Å². The zero-order valence-corrected chi connectivity index (χ0v) is 10.7. The van der Waals surface area contributed by atoms with E-state index in [-0.39, 0.29) is 5.78 Å². The molecular formula is C15H17NO2. The third kappa shape index (κ3) is 3.08. The monoisotopic (exact) mass is 243 g/mol. The third-order valence-corrected chi connectivity index (χ3v) is 2.92. The van der Waals surface area contributed by atoms with Crippen LogP contribution in [0.2, 0.25) is 0 Å².